The topological polar surface area (TPSA) is 34.1 Å². The van der Waals surface area contributed by atoms with Gasteiger partial charge in [0.25, 0.3) is 0 Å². The fourth-order valence-corrected chi connectivity index (χ4v) is 2.67. The lowest BCUT2D eigenvalue weighted by atomic mass is 10.2. The monoisotopic (exact) mass is 262 g/mol. The Morgan fingerprint density at radius 3 is 2.84 bits per heavy atom. The second-order valence-electron chi connectivity index (χ2n) is 5.39. The van der Waals surface area contributed by atoms with Gasteiger partial charge in [0.05, 0.1) is 12.3 Å². The van der Waals surface area contributed by atoms with E-state index in [4.69, 9.17) is 4.74 Å². The van der Waals surface area contributed by atoms with Gasteiger partial charge in [-0.2, -0.15) is 0 Å². The molecule has 0 atom stereocenters. The largest absolute Gasteiger partial charge is 0.492 e. The van der Waals surface area contributed by atoms with Gasteiger partial charge in [0, 0.05) is 11.7 Å². The van der Waals surface area contributed by atoms with Crippen LogP contribution < -0.4 is 10.1 Å². The molecule has 1 aliphatic carbocycles. The quantitative estimate of drug-likeness (QED) is 0.766. The van der Waals surface area contributed by atoms with Crippen molar-refractivity contribution in [2.24, 2.45) is 0 Å². The molecular formula is C16H26N2O. The van der Waals surface area contributed by atoms with Crippen molar-refractivity contribution in [2.75, 3.05) is 13.2 Å². The minimum absolute atomic E-state index is 0.757. The number of aryl methyl sites for hydroxylation is 2. The third kappa shape index (κ3) is 4.50. The van der Waals surface area contributed by atoms with Crippen molar-refractivity contribution in [3.8, 4) is 5.75 Å². The van der Waals surface area contributed by atoms with Crippen LogP contribution >= 0.6 is 0 Å². The van der Waals surface area contributed by atoms with Gasteiger partial charge in [-0.25, -0.2) is 0 Å². The van der Waals surface area contributed by atoms with Crippen LogP contribution in [0.2, 0.25) is 0 Å². The van der Waals surface area contributed by atoms with Crippen LogP contribution in [0.1, 0.15) is 50.4 Å². The lowest BCUT2D eigenvalue weighted by Gasteiger charge is -2.13. The lowest BCUT2D eigenvalue weighted by Crippen LogP contribution is -2.27. The van der Waals surface area contributed by atoms with E-state index in [0.717, 1.165) is 49.2 Å². The fourth-order valence-electron chi connectivity index (χ4n) is 2.67. The van der Waals surface area contributed by atoms with E-state index in [-0.39, 0.29) is 0 Å². The first-order valence-corrected chi connectivity index (χ1v) is 7.62. The van der Waals surface area contributed by atoms with Crippen molar-refractivity contribution in [3.05, 3.63) is 23.5 Å². The third-order valence-electron chi connectivity index (χ3n) is 3.77. The van der Waals surface area contributed by atoms with Crippen LogP contribution in [0.25, 0.3) is 0 Å². The van der Waals surface area contributed by atoms with Gasteiger partial charge >= 0.3 is 0 Å². The van der Waals surface area contributed by atoms with Gasteiger partial charge in [-0.05, 0) is 51.3 Å². The average Bonchev–Trinajstić information content (AvgIpc) is 2.93. The van der Waals surface area contributed by atoms with Crippen molar-refractivity contribution in [1.29, 1.82) is 0 Å². The molecule has 1 aliphatic rings. The van der Waals surface area contributed by atoms with Crippen molar-refractivity contribution >= 4 is 0 Å². The molecule has 1 N–H and O–H groups in total. The minimum Gasteiger partial charge on any atom is -0.492 e. The normalized spacial score (nSPS) is 15.9. The Morgan fingerprint density at radius 2 is 2.11 bits per heavy atom. The Hall–Kier alpha value is -1.09. The summed E-state index contributed by atoms with van der Waals surface area (Å²) in [4.78, 5) is 4.51. The molecule has 0 spiro atoms. The zero-order chi connectivity index (χ0) is 13.5. The molecule has 0 unspecified atom stereocenters. The molecule has 3 nitrogen and oxygen atoms in total. The first-order valence-electron chi connectivity index (χ1n) is 7.62. The molecule has 106 valence electrons. The second-order valence-corrected chi connectivity index (χ2v) is 5.39. The standard InChI is InChI=1S/C16H26N2O/c1-3-15-16(10-9-13(2)18-15)19-12-6-11-17-14-7-4-5-8-14/h9-10,14,17H,3-8,11-12H2,1-2H3. The first kappa shape index (κ1) is 14.3. The molecule has 1 fully saturated rings. The summed E-state index contributed by atoms with van der Waals surface area (Å²) in [6.07, 6.45) is 7.47. The van der Waals surface area contributed by atoms with E-state index >= 15 is 0 Å². The van der Waals surface area contributed by atoms with Crippen LogP contribution in [0.4, 0.5) is 0 Å². The zero-order valence-electron chi connectivity index (χ0n) is 12.2. The highest BCUT2D eigenvalue weighted by molar-refractivity contribution is 5.29. The van der Waals surface area contributed by atoms with Gasteiger partial charge in [-0.1, -0.05) is 19.8 Å². The van der Waals surface area contributed by atoms with Crippen LogP contribution in [0, 0.1) is 6.92 Å². The summed E-state index contributed by atoms with van der Waals surface area (Å²) in [5.41, 5.74) is 2.14. The zero-order valence-corrected chi connectivity index (χ0v) is 12.2. The maximum Gasteiger partial charge on any atom is 0.140 e. The number of pyridine rings is 1. The van der Waals surface area contributed by atoms with E-state index in [1.165, 1.54) is 25.7 Å². The third-order valence-corrected chi connectivity index (χ3v) is 3.77. The molecule has 1 aromatic heterocycles. The van der Waals surface area contributed by atoms with Gasteiger partial charge in [0.2, 0.25) is 0 Å². The highest BCUT2D eigenvalue weighted by Crippen LogP contribution is 2.18. The molecule has 19 heavy (non-hydrogen) atoms. The van der Waals surface area contributed by atoms with Crippen molar-refractivity contribution in [1.82, 2.24) is 10.3 Å². The summed E-state index contributed by atoms with van der Waals surface area (Å²) in [5, 5.41) is 3.61. The van der Waals surface area contributed by atoms with Gasteiger partial charge in [-0.15, -0.1) is 0 Å². The van der Waals surface area contributed by atoms with Crippen molar-refractivity contribution < 1.29 is 4.74 Å². The smallest absolute Gasteiger partial charge is 0.140 e. The molecule has 2 rings (SSSR count). The number of nitrogens with one attached hydrogen (secondary N) is 1. The summed E-state index contributed by atoms with van der Waals surface area (Å²) in [7, 11) is 0. The molecule has 0 saturated heterocycles. The van der Waals surface area contributed by atoms with Crippen LogP contribution in [0.5, 0.6) is 5.75 Å². The maximum atomic E-state index is 5.85. The SMILES string of the molecule is CCc1nc(C)ccc1OCCCNC1CCCC1. The highest BCUT2D eigenvalue weighted by Gasteiger charge is 2.13. The maximum absolute atomic E-state index is 5.85. The summed E-state index contributed by atoms with van der Waals surface area (Å²) >= 11 is 0. The van der Waals surface area contributed by atoms with Gasteiger partial charge in [-0.3, -0.25) is 4.98 Å². The van der Waals surface area contributed by atoms with Gasteiger partial charge < -0.3 is 10.1 Å². The Bertz CT molecular complexity index is 386. The Morgan fingerprint density at radius 1 is 1.32 bits per heavy atom. The van der Waals surface area contributed by atoms with E-state index in [2.05, 4.69) is 17.2 Å². The number of ether oxygens (including phenoxy) is 1. The summed E-state index contributed by atoms with van der Waals surface area (Å²) in [6.45, 7) is 5.98. The summed E-state index contributed by atoms with van der Waals surface area (Å²) in [6, 6.07) is 4.82. The van der Waals surface area contributed by atoms with E-state index in [0.29, 0.717) is 0 Å². The predicted octanol–water partition coefficient (Wildman–Crippen LogP) is 3.25. The summed E-state index contributed by atoms with van der Waals surface area (Å²) < 4.78 is 5.85. The molecule has 1 heterocycles. The van der Waals surface area contributed by atoms with Crippen LogP contribution in [-0.2, 0) is 6.42 Å². The molecule has 1 saturated carbocycles. The molecule has 0 bridgehead atoms. The van der Waals surface area contributed by atoms with Gasteiger partial charge in [0.1, 0.15) is 5.75 Å². The van der Waals surface area contributed by atoms with E-state index in [9.17, 15) is 0 Å². The van der Waals surface area contributed by atoms with Crippen LogP contribution in [-0.4, -0.2) is 24.2 Å². The Kier molecular flexibility index (Phi) is 5.64. The number of aromatic nitrogens is 1. The fraction of sp³-hybridized carbons (Fsp3) is 0.688. The molecule has 3 heteroatoms. The van der Waals surface area contributed by atoms with E-state index < -0.39 is 0 Å². The first-order chi connectivity index (χ1) is 9.29. The Balaban J connectivity index is 1.67. The second kappa shape index (κ2) is 7.49. The van der Waals surface area contributed by atoms with E-state index in [1.807, 2.05) is 19.1 Å². The average molecular weight is 262 g/mol. The summed E-state index contributed by atoms with van der Waals surface area (Å²) in [5.74, 6) is 0.953. The molecule has 1 aromatic rings. The van der Waals surface area contributed by atoms with Gasteiger partial charge in [0.15, 0.2) is 0 Å². The molecule has 0 aromatic carbocycles. The molecule has 0 aliphatic heterocycles. The number of rotatable bonds is 7. The number of hydrogen-bond acceptors (Lipinski definition) is 3. The van der Waals surface area contributed by atoms with Crippen molar-refractivity contribution in [2.45, 2.75) is 58.4 Å². The van der Waals surface area contributed by atoms with Crippen molar-refractivity contribution in [3.63, 3.8) is 0 Å². The molecule has 0 radical (unpaired) electrons. The lowest BCUT2D eigenvalue weighted by molar-refractivity contribution is 0.300. The number of nitrogens with zero attached hydrogens (tertiary/aromatic N) is 1. The molecular weight excluding hydrogens is 236 g/mol. The molecule has 0 amide bonds. The number of hydrogen-bond donors (Lipinski definition) is 1. The Labute approximate surface area is 116 Å². The van der Waals surface area contributed by atoms with Crippen LogP contribution in [0.3, 0.4) is 0 Å². The van der Waals surface area contributed by atoms with Crippen LogP contribution in [0.15, 0.2) is 12.1 Å². The minimum atomic E-state index is 0.757. The predicted molar refractivity (Wildman–Crippen MR) is 78.7 cm³/mol. The highest BCUT2D eigenvalue weighted by atomic mass is 16.5. The van der Waals surface area contributed by atoms with E-state index in [1.54, 1.807) is 0 Å².